The molecule has 0 N–H and O–H groups in total. The number of nitrogens with zero attached hydrogens (tertiary/aromatic N) is 1. The second-order valence-corrected chi connectivity index (χ2v) is 5.64. The minimum atomic E-state index is -0.0564. The van der Waals surface area contributed by atoms with Crippen molar-refractivity contribution in [1.82, 2.24) is 0 Å². The summed E-state index contributed by atoms with van der Waals surface area (Å²) in [6.07, 6.45) is 0.619. The number of rotatable bonds is 8. The Kier molecular flexibility index (Phi) is 6.72. The number of benzene rings is 2. The largest absolute Gasteiger partial charge is 0.497 e. The van der Waals surface area contributed by atoms with Crippen molar-refractivity contribution >= 4 is 11.6 Å². The lowest BCUT2D eigenvalue weighted by atomic mass is 10.1. The lowest BCUT2D eigenvalue weighted by molar-refractivity contribution is -0.116. The molecule has 2 rings (SSSR count). The number of carbonyl (C=O) groups excluding carboxylic acids is 1. The number of methoxy groups -OCH3 is 4. The minimum Gasteiger partial charge on any atom is -0.497 e. The minimum absolute atomic E-state index is 0.0564. The monoisotopic (exact) mass is 359 g/mol. The molecule has 2 aromatic rings. The van der Waals surface area contributed by atoms with Crippen LogP contribution in [0, 0.1) is 0 Å². The first-order chi connectivity index (χ1) is 12.5. The van der Waals surface area contributed by atoms with Gasteiger partial charge in [-0.25, -0.2) is 0 Å². The van der Waals surface area contributed by atoms with Crippen molar-refractivity contribution in [3.05, 3.63) is 42.0 Å². The average molecular weight is 359 g/mol. The van der Waals surface area contributed by atoms with E-state index in [9.17, 15) is 4.79 Å². The van der Waals surface area contributed by atoms with Crippen LogP contribution in [0.15, 0.2) is 36.4 Å². The summed E-state index contributed by atoms with van der Waals surface area (Å²) in [5, 5.41) is 0. The van der Waals surface area contributed by atoms with E-state index in [1.165, 1.54) is 0 Å². The van der Waals surface area contributed by atoms with E-state index in [4.69, 9.17) is 18.9 Å². The van der Waals surface area contributed by atoms with Gasteiger partial charge in [0.25, 0.3) is 0 Å². The fourth-order valence-electron chi connectivity index (χ4n) is 2.77. The third-order valence-corrected chi connectivity index (χ3v) is 4.15. The Morgan fingerprint density at radius 1 is 0.846 bits per heavy atom. The van der Waals surface area contributed by atoms with Gasteiger partial charge in [-0.05, 0) is 42.3 Å². The lowest BCUT2D eigenvalue weighted by Crippen LogP contribution is -2.30. The predicted molar refractivity (Wildman–Crippen MR) is 101 cm³/mol. The van der Waals surface area contributed by atoms with Crippen molar-refractivity contribution in [3.63, 3.8) is 0 Å². The number of carbonyl (C=O) groups is 1. The van der Waals surface area contributed by atoms with Crippen LogP contribution in [0.25, 0.3) is 0 Å². The predicted octanol–water partition coefficient (Wildman–Crippen LogP) is 3.32. The van der Waals surface area contributed by atoms with Gasteiger partial charge < -0.3 is 23.8 Å². The Morgan fingerprint density at radius 2 is 1.50 bits per heavy atom. The number of hydrogen-bond acceptors (Lipinski definition) is 5. The molecule has 0 spiro atoms. The molecular formula is C20H25NO5. The third-order valence-electron chi connectivity index (χ3n) is 4.15. The van der Waals surface area contributed by atoms with E-state index >= 15 is 0 Å². The van der Waals surface area contributed by atoms with Crippen LogP contribution >= 0.6 is 0 Å². The maximum atomic E-state index is 12.2. The summed E-state index contributed by atoms with van der Waals surface area (Å²) in [6, 6.07) is 11.1. The van der Waals surface area contributed by atoms with Crippen LogP contribution in [0.4, 0.5) is 5.69 Å². The van der Waals surface area contributed by atoms with Crippen molar-refractivity contribution in [1.29, 1.82) is 0 Å². The number of anilines is 1. The first-order valence-electron chi connectivity index (χ1n) is 8.25. The molecule has 0 unspecified atom stereocenters. The molecule has 6 heteroatoms. The summed E-state index contributed by atoms with van der Waals surface area (Å²) in [4.78, 5) is 13.9. The van der Waals surface area contributed by atoms with Crippen LogP contribution in [0.5, 0.6) is 23.0 Å². The van der Waals surface area contributed by atoms with Crippen molar-refractivity contribution in [2.24, 2.45) is 0 Å². The van der Waals surface area contributed by atoms with Gasteiger partial charge in [0.2, 0.25) is 5.91 Å². The van der Waals surface area contributed by atoms with Crippen LogP contribution < -0.4 is 23.8 Å². The highest BCUT2D eigenvalue weighted by molar-refractivity contribution is 5.91. The summed E-state index contributed by atoms with van der Waals surface area (Å²) < 4.78 is 21.3. The van der Waals surface area contributed by atoms with E-state index in [0.717, 1.165) is 22.7 Å². The number of hydrogen-bond donors (Lipinski definition) is 0. The molecular weight excluding hydrogens is 334 g/mol. The topological polar surface area (TPSA) is 57.2 Å². The van der Waals surface area contributed by atoms with Crippen molar-refractivity contribution in [3.8, 4) is 23.0 Å². The second kappa shape index (κ2) is 8.99. The molecule has 1 amide bonds. The molecule has 0 saturated heterocycles. The van der Waals surface area contributed by atoms with Gasteiger partial charge in [-0.3, -0.25) is 4.79 Å². The molecule has 0 fully saturated rings. The Balaban J connectivity index is 2.26. The molecule has 0 aliphatic rings. The maximum Gasteiger partial charge on any atom is 0.223 e. The van der Waals surface area contributed by atoms with Gasteiger partial charge in [0, 0.05) is 25.2 Å². The van der Waals surface area contributed by atoms with Crippen LogP contribution in [0.1, 0.15) is 12.5 Å². The molecule has 0 saturated carbocycles. The summed E-state index contributed by atoms with van der Waals surface area (Å²) in [5.41, 5.74) is 1.72. The zero-order valence-electron chi connectivity index (χ0n) is 15.9. The van der Waals surface area contributed by atoms with E-state index in [2.05, 4.69) is 0 Å². The Bertz CT molecular complexity index is 760. The summed E-state index contributed by atoms with van der Waals surface area (Å²) in [5.74, 6) is 2.66. The molecule has 0 aliphatic carbocycles. The average Bonchev–Trinajstić information content (AvgIpc) is 2.67. The highest BCUT2D eigenvalue weighted by Crippen LogP contribution is 2.32. The van der Waals surface area contributed by atoms with Crippen LogP contribution in [0.3, 0.4) is 0 Å². The molecule has 0 bridgehead atoms. The van der Waals surface area contributed by atoms with Crippen LogP contribution in [-0.2, 0) is 11.2 Å². The molecule has 0 atom stereocenters. The quantitative estimate of drug-likeness (QED) is 0.724. The fourth-order valence-corrected chi connectivity index (χ4v) is 2.77. The number of ether oxygens (including phenoxy) is 4. The fraction of sp³-hybridized carbons (Fsp3) is 0.350. The van der Waals surface area contributed by atoms with Gasteiger partial charge in [-0.15, -0.1) is 0 Å². The van der Waals surface area contributed by atoms with Gasteiger partial charge >= 0.3 is 0 Å². The molecule has 0 aliphatic heterocycles. The second-order valence-electron chi connectivity index (χ2n) is 5.64. The number of amides is 1. The lowest BCUT2D eigenvalue weighted by Gasteiger charge is -2.23. The van der Waals surface area contributed by atoms with E-state index in [0.29, 0.717) is 24.5 Å². The standard InChI is InChI=1S/C20H25NO5/c1-14(22)21(16-6-8-19(25-4)20(13-16)26-5)11-10-15-12-17(23-2)7-9-18(15)24-3/h6-9,12-13H,10-11H2,1-5H3. The highest BCUT2D eigenvalue weighted by Gasteiger charge is 2.16. The Morgan fingerprint density at radius 3 is 2.08 bits per heavy atom. The highest BCUT2D eigenvalue weighted by atomic mass is 16.5. The van der Waals surface area contributed by atoms with Crippen LogP contribution in [0.2, 0.25) is 0 Å². The van der Waals surface area contributed by atoms with Gasteiger partial charge in [-0.2, -0.15) is 0 Å². The van der Waals surface area contributed by atoms with Gasteiger partial charge in [0.05, 0.1) is 28.4 Å². The van der Waals surface area contributed by atoms with Crippen LogP contribution in [-0.4, -0.2) is 40.9 Å². The smallest absolute Gasteiger partial charge is 0.223 e. The maximum absolute atomic E-state index is 12.2. The van der Waals surface area contributed by atoms with Gasteiger partial charge in [0.15, 0.2) is 11.5 Å². The third kappa shape index (κ3) is 4.39. The van der Waals surface area contributed by atoms with Crippen molar-refractivity contribution in [2.75, 3.05) is 39.9 Å². The van der Waals surface area contributed by atoms with E-state index in [-0.39, 0.29) is 5.91 Å². The summed E-state index contributed by atoms with van der Waals surface area (Å²) in [6.45, 7) is 2.04. The van der Waals surface area contributed by atoms with E-state index < -0.39 is 0 Å². The first-order valence-corrected chi connectivity index (χ1v) is 8.25. The normalized spacial score (nSPS) is 10.2. The molecule has 2 aromatic carbocycles. The van der Waals surface area contributed by atoms with E-state index in [1.54, 1.807) is 52.4 Å². The van der Waals surface area contributed by atoms with Crippen molar-refractivity contribution < 1.29 is 23.7 Å². The summed E-state index contributed by atoms with van der Waals surface area (Å²) in [7, 11) is 6.40. The molecule has 6 nitrogen and oxygen atoms in total. The zero-order valence-corrected chi connectivity index (χ0v) is 15.9. The molecule has 26 heavy (non-hydrogen) atoms. The SMILES string of the molecule is COc1ccc(OC)c(CCN(C(C)=O)c2ccc(OC)c(OC)c2)c1. The molecule has 0 aromatic heterocycles. The van der Waals surface area contributed by atoms with E-state index in [1.807, 2.05) is 24.3 Å². The van der Waals surface area contributed by atoms with Crippen molar-refractivity contribution in [2.45, 2.75) is 13.3 Å². The zero-order chi connectivity index (χ0) is 19.1. The van der Waals surface area contributed by atoms with Gasteiger partial charge in [0.1, 0.15) is 11.5 Å². The Hall–Kier alpha value is -2.89. The van der Waals surface area contributed by atoms with Gasteiger partial charge in [-0.1, -0.05) is 0 Å². The molecule has 0 heterocycles. The molecule has 140 valence electrons. The Labute approximate surface area is 154 Å². The molecule has 0 radical (unpaired) electrons. The first kappa shape index (κ1) is 19.4. The summed E-state index contributed by atoms with van der Waals surface area (Å²) >= 11 is 0.